The van der Waals surface area contributed by atoms with Crippen molar-refractivity contribution >= 4 is 28.6 Å². The summed E-state index contributed by atoms with van der Waals surface area (Å²) < 4.78 is 2.36. The molecule has 1 heterocycles. The SMILES string of the molecule is C[C@H](C(=O)O)n1cc(I)cn1. The highest BCUT2D eigenvalue weighted by atomic mass is 127. The number of halogens is 1. The van der Waals surface area contributed by atoms with E-state index < -0.39 is 12.0 Å². The summed E-state index contributed by atoms with van der Waals surface area (Å²) in [5, 5.41) is 12.4. The molecule has 0 radical (unpaired) electrons. The van der Waals surface area contributed by atoms with E-state index in [1.165, 1.54) is 4.68 Å². The van der Waals surface area contributed by atoms with Gasteiger partial charge in [-0.15, -0.1) is 0 Å². The van der Waals surface area contributed by atoms with Gasteiger partial charge in [0.15, 0.2) is 0 Å². The van der Waals surface area contributed by atoms with Crippen LogP contribution in [0.5, 0.6) is 0 Å². The van der Waals surface area contributed by atoms with Gasteiger partial charge >= 0.3 is 5.97 Å². The molecule has 0 aliphatic heterocycles. The number of carboxylic acid groups (broad SMARTS) is 1. The minimum atomic E-state index is -0.871. The Morgan fingerprint density at radius 2 is 2.55 bits per heavy atom. The summed E-state index contributed by atoms with van der Waals surface area (Å²) in [5.41, 5.74) is 0. The van der Waals surface area contributed by atoms with Crippen molar-refractivity contribution in [2.45, 2.75) is 13.0 Å². The highest BCUT2D eigenvalue weighted by Gasteiger charge is 2.12. The van der Waals surface area contributed by atoms with Crippen molar-refractivity contribution in [1.82, 2.24) is 9.78 Å². The normalized spacial score (nSPS) is 12.9. The quantitative estimate of drug-likeness (QED) is 0.816. The maximum atomic E-state index is 10.4. The van der Waals surface area contributed by atoms with Crippen LogP contribution < -0.4 is 0 Å². The van der Waals surface area contributed by atoms with Gasteiger partial charge in [0.1, 0.15) is 6.04 Å². The summed E-state index contributed by atoms with van der Waals surface area (Å²) in [6, 6.07) is -0.585. The molecular formula is C6H7IN2O2. The summed E-state index contributed by atoms with van der Waals surface area (Å²) in [5.74, 6) is -0.871. The fourth-order valence-electron chi connectivity index (χ4n) is 0.640. The maximum Gasteiger partial charge on any atom is 0.328 e. The van der Waals surface area contributed by atoms with E-state index in [0.29, 0.717) is 0 Å². The van der Waals surface area contributed by atoms with Gasteiger partial charge in [0, 0.05) is 6.20 Å². The molecule has 0 amide bonds. The van der Waals surface area contributed by atoms with Crippen LogP contribution in [0.3, 0.4) is 0 Å². The summed E-state index contributed by atoms with van der Waals surface area (Å²) in [4.78, 5) is 10.4. The molecule has 5 heteroatoms. The molecule has 1 N–H and O–H groups in total. The van der Waals surface area contributed by atoms with Crippen LogP contribution in [-0.2, 0) is 4.79 Å². The van der Waals surface area contributed by atoms with Crippen LogP contribution in [0.1, 0.15) is 13.0 Å². The number of rotatable bonds is 2. The highest BCUT2D eigenvalue weighted by molar-refractivity contribution is 14.1. The lowest BCUT2D eigenvalue weighted by atomic mass is 10.4. The van der Waals surface area contributed by atoms with Gasteiger partial charge in [0.2, 0.25) is 0 Å². The fraction of sp³-hybridized carbons (Fsp3) is 0.333. The summed E-state index contributed by atoms with van der Waals surface area (Å²) in [6.45, 7) is 1.59. The second-order valence-electron chi connectivity index (χ2n) is 2.15. The van der Waals surface area contributed by atoms with E-state index in [2.05, 4.69) is 27.7 Å². The molecule has 0 aliphatic rings. The van der Waals surface area contributed by atoms with E-state index in [9.17, 15) is 4.79 Å². The monoisotopic (exact) mass is 266 g/mol. The third-order valence-electron chi connectivity index (χ3n) is 1.32. The lowest BCUT2D eigenvalue weighted by molar-refractivity contribution is -0.140. The molecule has 1 aromatic rings. The van der Waals surface area contributed by atoms with Crippen molar-refractivity contribution in [3.63, 3.8) is 0 Å². The molecule has 0 aliphatic carbocycles. The van der Waals surface area contributed by atoms with Crippen molar-refractivity contribution in [2.24, 2.45) is 0 Å². The fourth-order valence-corrected chi connectivity index (χ4v) is 1.05. The highest BCUT2D eigenvalue weighted by Crippen LogP contribution is 2.07. The van der Waals surface area contributed by atoms with Crippen molar-refractivity contribution < 1.29 is 9.90 Å². The van der Waals surface area contributed by atoms with Crippen LogP contribution in [0.2, 0.25) is 0 Å². The Morgan fingerprint density at radius 1 is 1.91 bits per heavy atom. The lowest BCUT2D eigenvalue weighted by Gasteiger charge is -2.04. The van der Waals surface area contributed by atoms with Gasteiger partial charge in [-0.25, -0.2) is 4.79 Å². The zero-order chi connectivity index (χ0) is 8.43. The van der Waals surface area contributed by atoms with Crippen LogP contribution >= 0.6 is 22.6 Å². The van der Waals surface area contributed by atoms with Gasteiger partial charge in [-0.2, -0.15) is 5.10 Å². The zero-order valence-corrected chi connectivity index (χ0v) is 8.02. The lowest BCUT2D eigenvalue weighted by Crippen LogP contribution is -2.15. The molecule has 1 aromatic heterocycles. The molecule has 1 atom stereocenters. The molecule has 4 nitrogen and oxygen atoms in total. The topological polar surface area (TPSA) is 55.1 Å². The first-order valence-electron chi connectivity index (χ1n) is 3.03. The van der Waals surface area contributed by atoms with Gasteiger partial charge in [-0.3, -0.25) is 4.68 Å². The smallest absolute Gasteiger partial charge is 0.328 e. The minimum Gasteiger partial charge on any atom is -0.480 e. The zero-order valence-electron chi connectivity index (χ0n) is 5.86. The standard InChI is InChI=1S/C6H7IN2O2/c1-4(6(10)11)9-3-5(7)2-8-9/h2-4H,1H3,(H,10,11)/t4-/m1/s1. The Balaban J connectivity index is 2.84. The van der Waals surface area contributed by atoms with E-state index in [0.717, 1.165) is 3.57 Å². The first-order chi connectivity index (χ1) is 5.11. The van der Waals surface area contributed by atoms with E-state index in [4.69, 9.17) is 5.11 Å². The summed E-state index contributed by atoms with van der Waals surface area (Å²) in [6.07, 6.45) is 3.32. The van der Waals surface area contributed by atoms with Gasteiger partial charge in [-0.1, -0.05) is 0 Å². The minimum absolute atomic E-state index is 0.585. The van der Waals surface area contributed by atoms with E-state index in [1.54, 1.807) is 19.3 Å². The van der Waals surface area contributed by atoms with Crippen LogP contribution in [0.4, 0.5) is 0 Å². The largest absolute Gasteiger partial charge is 0.480 e. The maximum absolute atomic E-state index is 10.4. The molecule has 0 spiro atoms. The first-order valence-corrected chi connectivity index (χ1v) is 4.11. The predicted octanol–water partition coefficient (Wildman–Crippen LogP) is 1.13. The van der Waals surface area contributed by atoms with Gasteiger partial charge in [-0.05, 0) is 29.5 Å². The van der Waals surface area contributed by atoms with Gasteiger partial charge < -0.3 is 5.11 Å². The van der Waals surface area contributed by atoms with Gasteiger partial charge in [0.25, 0.3) is 0 Å². The molecule has 0 bridgehead atoms. The third-order valence-corrected chi connectivity index (χ3v) is 1.88. The Hall–Kier alpha value is -0.590. The average Bonchev–Trinajstić information content (AvgIpc) is 2.34. The summed E-state index contributed by atoms with van der Waals surface area (Å²) in [7, 11) is 0. The van der Waals surface area contributed by atoms with Gasteiger partial charge in [0.05, 0.1) is 9.77 Å². The summed E-state index contributed by atoms with van der Waals surface area (Å²) >= 11 is 2.08. The number of hydrogen-bond donors (Lipinski definition) is 1. The molecule has 0 fully saturated rings. The average molecular weight is 266 g/mol. The number of aromatic nitrogens is 2. The van der Waals surface area contributed by atoms with E-state index in [1.807, 2.05) is 0 Å². The third kappa shape index (κ3) is 1.92. The molecule has 60 valence electrons. The Bertz CT molecular complexity index is 271. The Labute approximate surface area is 77.4 Å². The molecule has 11 heavy (non-hydrogen) atoms. The van der Waals surface area contributed by atoms with Crippen LogP contribution in [-0.4, -0.2) is 20.9 Å². The number of carboxylic acids is 1. The number of nitrogens with zero attached hydrogens (tertiary/aromatic N) is 2. The molecule has 0 saturated heterocycles. The Kier molecular flexibility index (Phi) is 2.48. The van der Waals surface area contributed by atoms with Crippen molar-refractivity contribution in [3.05, 3.63) is 16.0 Å². The van der Waals surface area contributed by atoms with Crippen LogP contribution in [0, 0.1) is 3.57 Å². The number of aliphatic carboxylic acids is 1. The van der Waals surface area contributed by atoms with Crippen molar-refractivity contribution in [2.75, 3.05) is 0 Å². The van der Waals surface area contributed by atoms with Crippen LogP contribution in [0.25, 0.3) is 0 Å². The number of carbonyl (C=O) groups is 1. The second-order valence-corrected chi connectivity index (χ2v) is 3.40. The van der Waals surface area contributed by atoms with Crippen LogP contribution in [0.15, 0.2) is 12.4 Å². The molecule has 1 rings (SSSR count). The number of hydrogen-bond acceptors (Lipinski definition) is 2. The van der Waals surface area contributed by atoms with Crippen molar-refractivity contribution in [1.29, 1.82) is 0 Å². The van der Waals surface area contributed by atoms with E-state index in [-0.39, 0.29) is 0 Å². The molecule has 0 aromatic carbocycles. The molecule has 0 saturated carbocycles. The van der Waals surface area contributed by atoms with E-state index >= 15 is 0 Å². The molecule has 0 unspecified atom stereocenters. The van der Waals surface area contributed by atoms with Crippen molar-refractivity contribution in [3.8, 4) is 0 Å². The predicted molar refractivity (Wildman–Crippen MR) is 47.3 cm³/mol. The molecular weight excluding hydrogens is 259 g/mol. The Morgan fingerprint density at radius 3 is 2.91 bits per heavy atom. The first kappa shape index (κ1) is 8.51. The second kappa shape index (κ2) is 3.21.